The molecular weight excluding hydrogens is 865 g/mol. The number of carbonyl (C=O) groups excluding carboxylic acids is 3. The quantitative estimate of drug-likeness (QED) is 0.0262. The lowest BCUT2D eigenvalue weighted by Gasteiger charge is -2.18. The molecular formula is C64H108O6. The highest BCUT2D eigenvalue weighted by Gasteiger charge is 2.19. The van der Waals surface area contributed by atoms with Crippen molar-refractivity contribution in [3.8, 4) is 0 Å². The van der Waals surface area contributed by atoms with Crippen LogP contribution >= 0.6 is 0 Å². The summed E-state index contributed by atoms with van der Waals surface area (Å²) in [6.45, 7) is 6.35. The van der Waals surface area contributed by atoms with E-state index in [2.05, 4.69) is 112 Å². The summed E-state index contributed by atoms with van der Waals surface area (Å²) in [5.74, 6) is -0.998. The van der Waals surface area contributed by atoms with Crippen molar-refractivity contribution in [2.75, 3.05) is 13.2 Å². The highest BCUT2D eigenvalue weighted by molar-refractivity contribution is 5.71. The van der Waals surface area contributed by atoms with Crippen LogP contribution in [0.4, 0.5) is 0 Å². The van der Waals surface area contributed by atoms with Crippen LogP contribution in [0.1, 0.15) is 271 Å². The van der Waals surface area contributed by atoms with Gasteiger partial charge in [0, 0.05) is 19.3 Å². The zero-order valence-electron chi connectivity index (χ0n) is 45.8. The molecule has 0 N–H and O–H groups in total. The fraction of sp³-hybridized carbons (Fsp3) is 0.703. The molecule has 0 aliphatic heterocycles. The monoisotopic (exact) mass is 973 g/mol. The maximum atomic E-state index is 12.9. The summed E-state index contributed by atoms with van der Waals surface area (Å²) in [4.78, 5) is 38.1. The molecule has 0 spiro atoms. The summed E-state index contributed by atoms with van der Waals surface area (Å²) >= 11 is 0. The SMILES string of the molecule is CC/C=C\C/C=C\C/C=C\C/C=C\CCCCCCCCC(=O)OC(COC(=O)CC/C=C\C/C=C\C/C=C\C/C=C\CC)COC(=O)CCCCCCCCCCCCCCCCCCCCCC. The van der Waals surface area contributed by atoms with Crippen LogP contribution in [0.5, 0.6) is 0 Å². The Balaban J connectivity index is 4.42. The molecule has 70 heavy (non-hydrogen) atoms. The number of hydrogen-bond donors (Lipinski definition) is 0. The lowest BCUT2D eigenvalue weighted by Crippen LogP contribution is -2.30. The highest BCUT2D eigenvalue weighted by Crippen LogP contribution is 2.16. The molecule has 0 saturated carbocycles. The van der Waals surface area contributed by atoms with Gasteiger partial charge in [0.25, 0.3) is 0 Å². The molecule has 0 heterocycles. The summed E-state index contributed by atoms with van der Waals surface area (Å²) in [6.07, 6.45) is 77.1. The van der Waals surface area contributed by atoms with E-state index in [4.69, 9.17) is 14.2 Å². The van der Waals surface area contributed by atoms with E-state index in [1.807, 2.05) is 6.08 Å². The maximum Gasteiger partial charge on any atom is 0.306 e. The molecule has 6 nitrogen and oxygen atoms in total. The Hall–Kier alpha value is -3.67. The van der Waals surface area contributed by atoms with E-state index in [1.54, 1.807) is 0 Å². The van der Waals surface area contributed by atoms with Gasteiger partial charge in [0.2, 0.25) is 0 Å². The van der Waals surface area contributed by atoms with Gasteiger partial charge in [-0.25, -0.2) is 0 Å². The standard InChI is InChI=1S/C64H108O6/c1-4-7-10-13-16-19-22-25-27-29-31-33-34-36-39-42-45-48-51-54-57-63(66)69-60-61(59-68-62(65)56-53-50-47-44-41-38-24-21-18-15-12-9-6-3)70-64(67)58-55-52-49-46-43-40-37-35-32-30-28-26-23-20-17-14-11-8-5-2/h8-9,11-12,17-18,20-21,26,28,32,35,38,41,47,50,61H,4-7,10,13-16,19,22-25,27,29-31,33-34,36-37,39-40,42-46,48-49,51-60H2,1-3H3/b11-8-,12-9-,20-17-,21-18-,28-26-,35-32-,41-38-,50-47-. The van der Waals surface area contributed by atoms with Crippen molar-refractivity contribution in [1.82, 2.24) is 0 Å². The molecule has 0 bridgehead atoms. The number of rotatable bonds is 52. The Morgan fingerprint density at radius 2 is 0.586 bits per heavy atom. The molecule has 0 fully saturated rings. The van der Waals surface area contributed by atoms with E-state index in [0.29, 0.717) is 19.3 Å². The second-order valence-corrected chi connectivity index (χ2v) is 19.1. The molecule has 400 valence electrons. The molecule has 1 atom stereocenters. The van der Waals surface area contributed by atoms with Crippen LogP contribution in [-0.4, -0.2) is 37.2 Å². The Morgan fingerprint density at radius 1 is 0.300 bits per heavy atom. The topological polar surface area (TPSA) is 78.9 Å². The molecule has 0 rings (SSSR count). The van der Waals surface area contributed by atoms with Crippen LogP contribution in [-0.2, 0) is 28.6 Å². The average Bonchev–Trinajstić information content (AvgIpc) is 3.36. The third-order valence-corrected chi connectivity index (χ3v) is 12.3. The van der Waals surface area contributed by atoms with Gasteiger partial charge in [-0.15, -0.1) is 0 Å². The maximum absolute atomic E-state index is 12.9. The first-order valence-electron chi connectivity index (χ1n) is 29.2. The molecule has 6 heteroatoms. The first-order valence-corrected chi connectivity index (χ1v) is 29.2. The third kappa shape index (κ3) is 55.3. The lowest BCUT2D eigenvalue weighted by atomic mass is 10.0. The molecule has 0 radical (unpaired) electrons. The predicted octanol–water partition coefficient (Wildman–Crippen LogP) is 19.7. The van der Waals surface area contributed by atoms with Crippen molar-refractivity contribution >= 4 is 17.9 Å². The Labute approximate surface area is 432 Å². The smallest absolute Gasteiger partial charge is 0.306 e. The first-order chi connectivity index (χ1) is 34.5. The van der Waals surface area contributed by atoms with Crippen molar-refractivity contribution in [3.63, 3.8) is 0 Å². The van der Waals surface area contributed by atoms with Crippen molar-refractivity contribution in [3.05, 3.63) is 97.2 Å². The Kier molecular flexibility index (Phi) is 54.9. The first kappa shape index (κ1) is 66.3. The molecule has 1 unspecified atom stereocenters. The number of hydrogen-bond acceptors (Lipinski definition) is 6. The second kappa shape index (κ2) is 57.9. The molecule has 0 aromatic heterocycles. The highest BCUT2D eigenvalue weighted by atomic mass is 16.6. The Morgan fingerprint density at radius 3 is 0.957 bits per heavy atom. The van der Waals surface area contributed by atoms with Gasteiger partial charge in [0.1, 0.15) is 13.2 Å². The fourth-order valence-electron chi connectivity index (χ4n) is 8.04. The minimum absolute atomic E-state index is 0.104. The van der Waals surface area contributed by atoms with E-state index in [0.717, 1.165) is 103 Å². The summed E-state index contributed by atoms with van der Waals surface area (Å²) in [7, 11) is 0. The van der Waals surface area contributed by atoms with E-state index >= 15 is 0 Å². The van der Waals surface area contributed by atoms with E-state index in [-0.39, 0.29) is 37.5 Å². The molecule has 0 aromatic carbocycles. The number of unbranched alkanes of at least 4 members (excludes halogenated alkanes) is 25. The number of allylic oxidation sites excluding steroid dienone is 16. The summed E-state index contributed by atoms with van der Waals surface area (Å²) in [5.41, 5.74) is 0. The molecule has 0 amide bonds. The normalized spacial score (nSPS) is 12.8. The zero-order chi connectivity index (χ0) is 50.7. The van der Waals surface area contributed by atoms with E-state index in [1.165, 1.54) is 122 Å². The van der Waals surface area contributed by atoms with Gasteiger partial charge in [0.05, 0.1) is 0 Å². The minimum atomic E-state index is -0.814. The van der Waals surface area contributed by atoms with Gasteiger partial charge in [-0.05, 0) is 83.5 Å². The van der Waals surface area contributed by atoms with Crippen molar-refractivity contribution < 1.29 is 28.6 Å². The van der Waals surface area contributed by atoms with Gasteiger partial charge < -0.3 is 14.2 Å². The van der Waals surface area contributed by atoms with Gasteiger partial charge in [0.15, 0.2) is 6.10 Å². The largest absolute Gasteiger partial charge is 0.462 e. The zero-order valence-corrected chi connectivity index (χ0v) is 45.8. The molecule has 0 aliphatic carbocycles. The lowest BCUT2D eigenvalue weighted by molar-refractivity contribution is -0.166. The number of ether oxygens (including phenoxy) is 3. The van der Waals surface area contributed by atoms with E-state index < -0.39 is 6.10 Å². The number of carbonyl (C=O) groups is 3. The summed E-state index contributed by atoms with van der Waals surface area (Å²) < 4.78 is 16.8. The second-order valence-electron chi connectivity index (χ2n) is 19.1. The van der Waals surface area contributed by atoms with Crippen molar-refractivity contribution in [1.29, 1.82) is 0 Å². The van der Waals surface area contributed by atoms with Crippen LogP contribution in [0.2, 0.25) is 0 Å². The van der Waals surface area contributed by atoms with Crippen LogP contribution in [0.3, 0.4) is 0 Å². The van der Waals surface area contributed by atoms with E-state index in [9.17, 15) is 14.4 Å². The third-order valence-electron chi connectivity index (χ3n) is 12.3. The van der Waals surface area contributed by atoms with Crippen LogP contribution in [0.25, 0.3) is 0 Å². The average molecular weight is 974 g/mol. The number of esters is 3. The summed E-state index contributed by atoms with van der Waals surface area (Å²) in [6, 6.07) is 0. The molecule has 0 saturated heterocycles. The van der Waals surface area contributed by atoms with Crippen molar-refractivity contribution in [2.24, 2.45) is 0 Å². The Bertz CT molecular complexity index is 1400. The van der Waals surface area contributed by atoms with Crippen LogP contribution in [0, 0.1) is 0 Å². The van der Waals surface area contributed by atoms with Gasteiger partial charge in [-0.1, -0.05) is 266 Å². The fourth-order valence-corrected chi connectivity index (χ4v) is 8.04. The van der Waals surface area contributed by atoms with Crippen LogP contribution in [0.15, 0.2) is 97.2 Å². The molecule has 0 aromatic rings. The minimum Gasteiger partial charge on any atom is -0.462 e. The van der Waals surface area contributed by atoms with Gasteiger partial charge >= 0.3 is 17.9 Å². The molecule has 0 aliphatic rings. The predicted molar refractivity (Wildman–Crippen MR) is 302 cm³/mol. The van der Waals surface area contributed by atoms with Gasteiger partial charge in [-0.3, -0.25) is 14.4 Å². The van der Waals surface area contributed by atoms with Crippen LogP contribution < -0.4 is 0 Å². The summed E-state index contributed by atoms with van der Waals surface area (Å²) in [5, 5.41) is 0. The van der Waals surface area contributed by atoms with Gasteiger partial charge in [-0.2, -0.15) is 0 Å². The van der Waals surface area contributed by atoms with Crippen molar-refractivity contribution in [2.45, 2.75) is 277 Å².